The average molecular weight is 259 g/mol. The molecule has 104 valence electrons. The first-order chi connectivity index (χ1) is 8.99. The number of benzene rings is 1. The Morgan fingerprint density at radius 2 is 2.05 bits per heavy atom. The normalized spacial score (nSPS) is 24.4. The second-order valence-electron chi connectivity index (χ2n) is 6.07. The van der Waals surface area contributed by atoms with E-state index in [0.717, 1.165) is 23.2 Å². The quantitative estimate of drug-likeness (QED) is 0.773. The molecule has 2 unspecified atom stereocenters. The fraction of sp³-hybridized carbons (Fsp3) is 0.588. The first kappa shape index (κ1) is 14.3. The van der Waals surface area contributed by atoms with E-state index in [2.05, 4.69) is 24.8 Å². The van der Waals surface area contributed by atoms with Gasteiger partial charge in [-0.15, -0.1) is 0 Å². The van der Waals surface area contributed by atoms with E-state index in [1.165, 1.54) is 12.8 Å². The predicted octanol–water partition coefficient (Wildman–Crippen LogP) is 3.61. The Hall–Kier alpha value is -1.15. The summed E-state index contributed by atoms with van der Waals surface area (Å²) in [6.45, 7) is 10.2. The highest BCUT2D eigenvalue weighted by molar-refractivity contribution is 5.99. The molecule has 2 heteroatoms. The lowest BCUT2D eigenvalue weighted by molar-refractivity contribution is 0.0779. The molecule has 2 rings (SSSR count). The number of carbonyl (C=O) groups is 1. The second kappa shape index (κ2) is 5.87. The number of piperidine rings is 1. The van der Waals surface area contributed by atoms with Gasteiger partial charge in [-0.2, -0.15) is 0 Å². The van der Waals surface area contributed by atoms with Gasteiger partial charge < -0.3 is 0 Å². The number of rotatable bonds is 3. The van der Waals surface area contributed by atoms with E-state index < -0.39 is 0 Å². The van der Waals surface area contributed by atoms with Crippen LogP contribution in [-0.4, -0.2) is 29.8 Å². The van der Waals surface area contributed by atoms with Crippen LogP contribution < -0.4 is 0 Å². The summed E-state index contributed by atoms with van der Waals surface area (Å²) in [6, 6.07) is 6.65. The van der Waals surface area contributed by atoms with Crippen molar-refractivity contribution in [3.8, 4) is 0 Å². The van der Waals surface area contributed by atoms with Crippen LogP contribution in [0.4, 0.5) is 0 Å². The summed E-state index contributed by atoms with van der Waals surface area (Å²) >= 11 is 0. The Morgan fingerprint density at radius 3 is 2.79 bits per heavy atom. The Kier molecular flexibility index (Phi) is 4.41. The zero-order valence-corrected chi connectivity index (χ0v) is 12.6. The van der Waals surface area contributed by atoms with Gasteiger partial charge >= 0.3 is 0 Å². The van der Waals surface area contributed by atoms with Crippen LogP contribution in [0.25, 0.3) is 0 Å². The lowest BCUT2D eigenvalue weighted by atomic mass is 9.91. The van der Waals surface area contributed by atoms with E-state index in [1.54, 1.807) is 0 Å². The molecule has 0 N–H and O–H groups in total. The van der Waals surface area contributed by atoms with Crippen molar-refractivity contribution in [2.75, 3.05) is 13.1 Å². The Labute approximate surface area is 116 Å². The van der Waals surface area contributed by atoms with Gasteiger partial charge in [-0.1, -0.05) is 24.6 Å². The molecule has 1 aromatic rings. The molecule has 0 amide bonds. The summed E-state index contributed by atoms with van der Waals surface area (Å²) in [7, 11) is 0. The van der Waals surface area contributed by atoms with Gasteiger partial charge in [0, 0.05) is 11.6 Å². The van der Waals surface area contributed by atoms with E-state index >= 15 is 0 Å². The predicted molar refractivity (Wildman–Crippen MR) is 79.7 cm³/mol. The first-order valence-corrected chi connectivity index (χ1v) is 7.33. The smallest absolute Gasteiger partial charge is 0.177 e. The minimum Gasteiger partial charge on any atom is -0.293 e. The molecule has 0 aromatic heterocycles. The molecule has 1 saturated heterocycles. The minimum atomic E-state index is 0.266. The molecule has 19 heavy (non-hydrogen) atoms. The number of carbonyl (C=O) groups excluding carboxylic acids is 1. The summed E-state index contributed by atoms with van der Waals surface area (Å²) in [5.41, 5.74) is 3.15. The van der Waals surface area contributed by atoms with Crippen LogP contribution in [0.3, 0.4) is 0 Å². The third kappa shape index (κ3) is 3.24. The van der Waals surface area contributed by atoms with Crippen LogP contribution in [-0.2, 0) is 0 Å². The average Bonchev–Trinajstić information content (AvgIpc) is 2.38. The van der Waals surface area contributed by atoms with E-state index in [4.69, 9.17) is 0 Å². The number of aryl methyl sites for hydroxylation is 2. The molecule has 1 fully saturated rings. The van der Waals surface area contributed by atoms with Crippen LogP contribution in [0.1, 0.15) is 48.2 Å². The van der Waals surface area contributed by atoms with Crippen LogP contribution in [0.5, 0.6) is 0 Å². The van der Waals surface area contributed by atoms with Crippen molar-refractivity contribution in [1.82, 2.24) is 4.90 Å². The molecule has 0 aliphatic carbocycles. The highest BCUT2D eigenvalue weighted by Crippen LogP contribution is 2.23. The molecule has 0 saturated carbocycles. The molecule has 1 aliphatic rings. The minimum absolute atomic E-state index is 0.266. The lowest BCUT2D eigenvalue weighted by Gasteiger charge is -2.37. The number of ketones is 1. The number of likely N-dealkylation sites (tertiary alicyclic amines) is 1. The summed E-state index contributed by atoms with van der Waals surface area (Å²) < 4.78 is 0. The molecule has 0 bridgehead atoms. The van der Waals surface area contributed by atoms with E-state index in [0.29, 0.717) is 18.5 Å². The van der Waals surface area contributed by atoms with Crippen molar-refractivity contribution in [1.29, 1.82) is 0 Å². The van der Waals surface area contributed by atoms with Crippen molar-refractivity contribution in [2.45, 2.75) is 46.6 Å². The van der Waals surface area contributed by atoms with Crippen molar-refractivity contribution >= 4 is 5.78 Å². The molecule has 1 aromatic carbocycles. The summed E-state index contributed by atoms with van der Waals surface area (Å²) in [5, 5.41) is 0. The van der Waals surface area contributed by atoms with Gasteiger partial charge in [0.25, 0.3) is 0 Å². The highest BCUT2D eigenvalue weighted by Gasteiger charge is 2.26. The fourth-order valence-electron chi connectivity index (χ4n) is 2.95. The van der Waals surface area contributed by atoms with Gasteiger partial charge in [0.1, 0.15) is 0 Å². The third-order valence-electron chi connectivity index (χ3n) is 4.54. The van der Waals surface area contributed by atoms with E-state index in [9.17, 15) is 4.79 Å². The molecule has 0 radical (unpaired) electrons. The molecular formula is C17H25NO. The van der Waals surface area contributed by atoms with Gasteiger partial charge in [-0.3, -0.25) is 9.69 Å². The maximum Gasteiger partial charge on any atom is 0.177 e. The van der Waals surface area contributed by atoms with E-state index in [1.807, 2.05) is 26.0 Å². The van der Waals surface area contributed by atoms with Crippen LogP contribution in [0, 0.1) is 19.8 Å². The third-order valence-corrected chi connectivity index (χ3v) is 4.54. The molecule has 1 aliphatic heterocycles. The molecule has 1 heterocycles. The molecule has 0 spiro atoms. The van der Waals surface area contributed by atoms with Gasteiger partial charge in [0.15, 0.2) is 5.78 Å². The standard InChI is InChI=1S/C17H25NO/c1-12-7-8-14(3)16(10-12)17(19)11-18-9-5-6-13(2)15(18)4/h7-8,10,13,15H,5-6,9,11H2,1-4H3. The lowest BCUT2D eigenvalue weighted by Crippen LogP contribution is -2.44. The summed E-state index contributed by atoms with van der Waals surface area (Å²) in [4.78, 5) is 14.8. The van der Waals surface area contributed by atoms with Crippen LogP contribution in [0.2, 0.25) is 0 Å². The van der Waals surface area contributed by atoms with Crippen LogP contribution >= 0.6 is 0 Å². The summed E-state index contributed by atoms with van der Waals surface area (Å²) in [5.74, 6) is 0.960. The Bertz CT molecular complexity index is 466. The fourth-order valence-corrected chi connectivity index (χ4v) is 2.95. The van der Waals surface area contributed by atoms with Crippen molar-refractivity contribution in [3.63, 3.8) is 0 Å². The number of Topliss-reactive ketones (excluding diaryl/α,β-unsaturated/α-hetero) is 1. The van der Waals surface area contributed by atoms with Crippen LogP contribution in [0.15, 0.2) is 18.2 Å². The Balaban J connectivity index is 2.10. The van der Waals surface area contributed by atoms with Crippen molar-refractivity contribution in [3.05, 3.63) is 34.9 Å². The number of hydrogen-bond donors (Lipinski definition) is 0. The summed E-state index contributed by atoms with van der Waals surface area (Å²) in [6.07, 6.45) is 2.50. The topological polar surface area (TPSA) is 20.3 Å². The molecular weight excluding hydrogens is 234 g/mol. The Morgan fingerprint density at radius 1 is 1.32 bits per heavy atom. The molecule has 2 nitrogen and oxygen atoms in total. The van der Waals surface area contributed by atoms with Gasteiger partial charge in [0.2, 0.25) is 0 Å². The zero-order valence-electron chi connectivity index (χ0n) is 12.6. The second-order valence-corrected chi connectivity index (χ2v) is 6.07. The van der Waals surface area contributed by atoms with Gasteiger partial charge in [-0.05, 0) is 57.7 Å². The first-order valence-electron chi connectivity index (χ1n) is 7.33. The number of hydrogen-bond acceptors (Lipinski definition) is 2. The highest BCUT2D eigenvalue weighted by atomic mass is 16.1. The zero-order chi connectivity index (χ0) is 14.0. The maximum absolute atomic E-state index is 12.5. The van der Waals surface area contributed by atoms with Gasteiger partial charge in [0.05, 0.1) is 6.54 Å². The van der Waals surface area contributed by atoms with E-state index in [-0.39, 0.29) is 5.78 Å². The van der Waals surface area contributed by atoms with Crippen molar-refractivity contribution in [2.24, 2.45) is 5.92 Å². The SMILES string of the molecule is Cc1ccc(C)c(C(=O)CN2CCCC(C)C2C)c1. The van der Waals surface area contributed by atoms with Gasteiger partial charge in [-0.25, -0.2) is 0 Å². The monoisotopic (exact) mass is 259 g/mol. The molecule has 2 atom stereocenters. The van der Waals surface area contributed by atoms with Crippen molar-refractivity contribution < 1.29 is 4.79 Å². The largest absolute Gasteiger partial charge is 0.293 e. The maximum atomic E-state index is 12.5. The number of nitrogens with zero attached hydrogens (tertiary/aromatic N) is 1.